The zero-order chi connectivity index (χ0) is 12.4. The maximum atomic E-state index is 11.5. The first-order chi connectivity index (χ1) is 8.15. The second-order valence-corrected chi connectivity index (χ2v) is 3.46. The van der Waals surface area contributed by atoms with E-state index in [9.17, 15) is 4.79 Å². The highest BCUT2D eigenvalue weighted by atomic mass is 16.5. The highest BCUT2D eigenvalue weighted by Crippen LogP contribution is 2.15. The molecule has 2 aromatic heterocycles. The molecule has 90 valence electrons. The van der Waals surface area contributed by atoms with Gasteiger partial charge in [0, 0.05) is 18.0 Å². The molecule has 0 saturated carbocycles. The molecule has 6 heteroatoms. The SMILES string of the molecule is CCOC(=O)c1cn2c(OC)cc(C)nc2n1. The monoisotopic (exact) mass is 235 g/mol. The summed E-state index contributed by atoms with van der Waals surface area (Å²) < 4.78 is 11.7. The first kappa shape index (κ1) is 11.4. The summed E-state index contributed by atoms with van der Waals surface area (Å²) in [6.45, 7) is 3.90. The van der Waals surface area contributed by atoms with Gasteiger partial charge in [-0.15, -0.1) is 0 Å². The van der Waals surface area contributed by atoms with Gasteiger partial charge in [0.25, 0.3) is 0 Å². The second-order valence-electron chi connectivity index (χ2n) is 3.46. The molecule has 0 aromatic carbocycles. The molecule has 6 nitrogen and oxygen atoms in total. The summed E-state index contributed by atoms with van der Waals surface area (Å²) in [5.74, 6) is 0.540. The highest BCUT2D eigenvalue weighted by molar-refractivity contribution is 5.87. The molecule has 0 aliphatic heterocycles. The average Bonchev–Trinajstić information content (AvgIpc) is 2.71. The minimum atomic E-state index is -0.460. The van der Waals surface area contributed by atoms with Crippen molar-refractivity contribution in [1.82, 2.24) is 14.4 Å². The number of ether oxygens (including phenoxy) is 2. The van der Waals surface area contributed by atoms with Crippen molar-refractivity contribution in [3.8, 4) is 5.88 Å². The Hall–Kier alpha value is -2.11. The van der Waals surface area contributed by atoms with Crippen LogP contribution >= 0.6 is 0 Å². The van der Waals surface area contributed by atoms with Crippen LogP contribution in [0.15, 0.2) is 12.3 Å². The Bertz CT molecular complexity index is 562. The fourth-order valence-corrected chi connectivity index (χ4v) is 1.51. The number of carbonyl (C=O) groups is 1. The summed E-state index contributed by atoms with van der Waals surface area (Å²) in [5, 5.41) is 0. The van der Waals surface area contributed by atoms with Gasteiger partial charge in [0.1, 0.15) is 0 Å². The predicted octanol–water partition coefficient (Wildman–Crippen LogP) is 1.22. The molecule has 17 heavy (non-hydrogen) atoms. The van der Waals surface area contributed by atoms with E-state index in [0.29, 0.717) is 18.3 Å². The van der Waals surface area contributed by atoms with Gasteiger partial charge in [-0.1, -0.05) is 0 Å². The fraction of sp³-hybridized carbons (Fsp3) is 0.364. The quantitative estimate of drug-likeness (QED) is 0.748. The molecule has 0 radical (unpaired) electrons. The number of rotatable bonds is 3. The van der Waals surface area contributed by atoms with Crippen molar-refractivity contribution >= 4 is 11.7 Å². The number of fused-ring (bicyclic) bond motifs is 1. The van der Waals surface area contributed by atoms with Crippen molar-refractivity contribution in [1.29, 1.82) is 0 Å². The Labute approximate surface area is 98.2 Å². The first-order valence-corrected chi connectivity index (χ1v) is 5.23. The Balaban J connectivity index is 2.53. The van der Waals surface area contributed by atoms with Crippen LogP contribution in [0, 0.1) is 6.92 Å². The predicted molar refractivity (Wildman–Crippen MR) is 60.2 cm³/mol. The summed E-state index contributed by atoms with van der Waals surface area (Å²) in [7, 11) is 1.55. The number of aryl methyl sites for hydroxylation is 1. The van der Waals surface area contributed by atoms with Crippen LogP contribution in [0.1, 0.15) is 23.1 Å². The fourth-order valence-electron chi connectivity index (χ4n) is 1.51. The molecule has 0 amide bonds. The lowest BCUT2D eigenvalue weighted by Gasteiger charge is -2.03. The normalized spacial score (nSPS) is 10.5. The van der Waals surface area contributed by atoms with Crippen molar-refractivity contribution < 1.29 is 14.3 Å². The number of imidazole rings is 1. The number of carbonyl (C=O) groups excluding carboxylic acids is 1. The van der Waals surface area contributed by atoms with Crippen molar-refractivity contribution in [3.63, 3.8) is 0 Å². The lowest BCUT2D eigenvalue weighted by atomic mass is 10.4. The van der Waals surface area contributed by atoms with Crippen LogP contribution in [0.4, 0.5) is 0 Å². The minimum Gasteiger partial charge on any atom is -0.482 e. The van der Waals surface area contributed by atoms with E-state index in [4.69, 9.17) is 9.47 Å². The van der Waals surface area contributed by atoms with Crippen LogP contribution in [0.2, 0.25) is 0 Å². The topological polar surface area (TPSA) is 65.7 Å². The van der Waals surface area contributed by atoms with Crippen molar-refractivity contribution in [2.75, 3.05) is 13.7 Å². The Morgan fingerprint density at radius 2 is 2.24 bits per heavy atom. The van der Waals surface area contributed by atoms with E-state index in [2.05, 4.69) is 9.97 Å². The van der Waals surface area contributed by atoms with E-state index in [0.717, 1.165) is 5.69 Å². The minimum absolute atomic E-state index is 0.225. The van der Waals surface area contributed by atoms with Crippen LogP contribution in [-0.2, 0) is 4.74 Å². The molecule has 0 saturated heterocycles. The Kier molecular flexibility index (Phi) is 2.95. The zero-order valence-corrected chi connectivity index (χ0v) is 9.93. The van der Waals surface area contributed by atoms with Crippen LogP contribution in [0.5, 0.6) is 5.88 Å². The molecule has 0 fully saturated rings. The summed E-state index contributed by atoms with van der Waals surface area (Å²) in [5.41, 5.74) is 0.999. The average molecular weight is 235 g/mol. The van der Waals surface area contributed by atoms with Gasteiger partial charge >= 0.3 is 5.97 Å². The smallest absolute Gasteiger partial charge is 0.358 e. The molecule has 0 aliphatic rings. The van der Waals surface area contributed by atoms with E-state index < -0.39 is 5.97 Å². The standard InChI is InChI=1S/C11H13N3O3/c1-4-17-10(15)8-6-14-9(16-3)5-7(2)12-11(14)13-8/h5-6H,4H2,1-3H3. The highest BCUT2D eigenvalue weighted by Gasteiger charge is 2.14. The molecule has 0 bridgehead atoms. The van der Waals surface area contributed by atoms with E-state index in [-0.39, 0.29) is 5.69 Å². The second kappa shape index (κ2) is 4.40. The summed E-state index contributed by atoms with van der Waals surface area (Å²) in [6, 6.07) is 1.77. The molecule has 2 aromatic rings. The summed E-state index contributed by atoms with van der Waals surface area (Å²) in [6.07, 6.45) is 1.55. The molecule has 0 aliphatic carbocycles. The zero-order valence-electron chi connectivity index (χ0n) is 9.93. The number of hydrogen-bond donors (Lipinski definition) is 0. The van der Waals surface area contributed by atoms with Crippen LogP contribution in [0.25, 0.3) is 5.78 Å². The van der Waals surface area contributed by atoms with Gasteiger partial charge in [-0.25, -0.2) is 14.8 Å². The van der Waals surface area contributed by atoms with Crippen LogP contribution in [0.3, 0.4) is 0 Å². The van der Waals surface area contributed by atoms with E-state index in [1.165, 1.54) is 0 Å². The van der Waals surface area contributed by atoms with Crippen molar-refractivity contribution in [3.05, 3.63) is 23.7 Å². The lowest BCUT2D eigenvalue weighted by Crippen LogP contribution is -2.04. The summed E-state index contributed by atoms with van der Waals surface area (Å²) in [4.78, 5) is 19.8. The van der Waals surface area contributed by atoms with E-state index in [1.54, 1.807) is 30.7 Å². The summed E-state index contributed by atoms with van der Waals surface area (Å²) >= 11 is 0. The van der Waals surface area contributed by atoms with Gasteiger partial charge in [-0.2, -0.15) is 0 Å². The number of esters is 1. The third-order valence-electron chi connectivity index (χ3n) is 2.23. The third-order valence-corrected chi connectivity index (χ3v) is 2.23. The molecule has 0 atom stereocenters. The molecule has 0 N–H and O–H groups in total. The Morgan fingerprint density at radius 3 is 2.88 bits per heavy atom. The number of nitrogens with zero attached hydrogens (tertiary/aromatic N) is 3. The third kappa shape index (κ3) is 2.06. The molecular formula is C11H13N3O3. The van der Waals surface area contributed by atoms with Gasteiger partial charge in [0.15, 0.2) is 5.69 Å². The largest absolute Gasteiger partial charge is 0.482 e. The number of hydrogen-bond acceptors (Lipinski definition) is 5. The molecule has 2 rings (SSSR count). The molecule has 2 heterocycles. The maximum Gasteiger partial charge on any atom is 0.358 e. The number of aromatic nitrogens is 3. The molecule has 0 unspecified atom stereocenters. The maximum absolute atomic E-state index is 11.5. The molecular weight excluding hydrogens is 222 g/mol. The first-order valence-electron chi connectivity index (χ1n) is 5.23. The van der Waals surface area contributed by atoms with Gasteiger partial charge in [-0.05, 0) is 13.8 Å². The van der Waals surface area contributed by atoms with E-state index >= 15 is 0 Å². The van der Waals surface area contributed by atoms with Crippen molar-refractivity contribution in [2.24, 2.45) is 0 Å². The lowest BCUT2D eigenvalue weighted by molar-refractivity contribution is 0.0520. The number of methoxy groups -OCH3 is 1. The Morgan fingerprint density at radius 1 is 1.47 bits per heavy atom. The van der Waals surface area contributed by atoms with E-state index in [1.807, 2.05) is 6.92 Å². The molecule has 0 spiro atoms. The van der Waals surface area contributed by atoms with Crippen LogP contribution in [-0.4, -0.2) is 34.1 Å². The van der Waals surface area contributed by atoms with Gasteiger partial charge < -0.3 is 9.47 Å². The van der Waals surface area contributed by atoms with Crippen molar-refractivity contribution in [2.45, 2.75) is 13.8 Å². The van der Waals surface area contributed by atoms with Crippen LogP contribution < -0.4 is 4.74 Å². The van der Waals surface area contributed by atoms with Gasteiger partial charge in [0.05, 0.1) is 13.7 Å². The van der Waals surface area contributed by atoms with Gasteiger partial charge in [0.2, 0.25) is 11.7 Å². The van der Waals surface area contributed by atoms with Gasteiger partial charge in [-0.3, -0.25) is 4.40 Å².